The molecule has 0 atom stereocenters. The van der Waals surface area contributed by atoms with Crippen molar-refractivity contribution in [2.75, 3.05) is 7.11 Å². The van der Waals surface area contributed by atoms with E-state index in [1.54, 1.807) is 0 Å². The Balaban J connectivity index is 4.11. The fraction of sp³-hybridized carbons (Fsp3) is 0.429. The summed E-state index contributed by atoms with van der Waals surface area (Å²) < 4.78 is 4.04. The molecule has 0 aliphatic carbocycles. The first-order valence-electron chi connectivity index (χ1n) is 3.14. The summed E-state index contributed by atoms with van der Waals surface area (Å²) in [5.74, 6) is -3.74. The van der Waals surface area contributed by atoms with Crippen molar-refractivity contribution in [2.24, 2.45) is 0 Å². The Hall–Kier alpha value is -1.52. The minimum atomic E-state index is -1.11. The second-order valence-electron chi connectivity index (χ2n) is 2.07. The minimum Gasteiger partial charge on any atom is -0.463 e. The van der Waals surface area contributed by atoms with Gasteiger partial charge in [-0.1, -0.05) is 0 Å². The zero-order valence-electron chi connectivity index (χ0n) is 6.75. The van der Waals surface area contributed by atoms with E-state index in [9.17, 15) is 19.2 Å². The fourth-order valence-corrected chi connectivity index (χ4v) is 0.456. The van der Waals surface area contributed by atoms with Crippen molar-refractivity contribution in [3.63, 3.8) is 0 Å². The van der Waals surface area contributed by atoms with Gasteiger partial charge in [0, 0.05) is 6.92 Å². The van der Waals surface area contributed by atoms with Crippen LogP contribution in [-0.2, 0) is 23.9 Å². The van der Waals surface area contributed by atoms with Crippen molar-refractivity contribution in [3.8, 4) is 0 Å². The molecular formula is C7H8O5. The third-order valence-electron chi connectivity index (χ3n) is 1.13. The van der Waals surface area contributed by atoms with Crippen LogP contribution in [0.1, 0.15) is 13.3 Å². The van der Waals surface area contributed by atoms with Gasteiger partial charge in [0.05, 0.1) is 13.5 Å². The number of Topliss-reactive ketones (excluding diaryl/α,β-unsaturated/α-hetero) is 3. The Morgan fingerprint density at radius 1 is 1.08 bits per heavy atom. The molecular weight excluding hydrogens is 164 g/mol. The van der Waals surface area contributed by atoms with Gasteiger partial charge in [0.25, 0.3) is 0 Å². The summed E-state index contributed by atoms with van der Waals surface area (Å²) in [6.45, 7) is 1.03. The summed E-state index contributed by atoms with van der Waals surface area (Å²) in [4.78, 5) is 42.0. The zero-order chi connectivity index (χ0) is 9.72. The molecule has 66 valence electrons. The highest BCUT2D eigenvalue weighted by atomic mass is 16.5. The van der Waals surface area contributed by atoms with Gasteiger partial charge in [-0.25, -0.2) is 4.79 Å². The highest BCUT2D eigenvalue weighted by Crippen LogP contribution is 1.89. The molecule has 0 unspecified atom stereocenters. The van der Waals surface area contributed by atoms with Crippen LogP contribution in [0.2, 0.25) is 0 Å². The molecule has 0 bridgehead atoms. The van der Waals surface area contributed by atoms with Crippen LogP contribution in [0.3, 0.4) is 0 Å². The smallest absolute Gasteiger partial charge is 0.374 e. The maximum atomic E-state index is 10.6. The van der Waals surface area contributed by atoms with Gasteiger partial charge in [0.15, 0.2) is 5.78 Å². The van der Waals surface area contributed by atoms with Gasteiger partial charge in [-0.15, -0.1) is 0 Å². The average molecular weight is 172 g/mol. The highest BCUT2D eigenvalue weighted by Gasteiger charge is 2.20. The number of methoxy groups -OCH3 is 1. The summed E-state index contributed by atoms with van der Waals surface area (Å²) in [6, 6.07) is 0. The molecule has 0 saturated carbocycles. The van der Waals surface area contributed by atoms with Gasteiger partial charge < -0.3 is 4.74 Å². The van der Waals surface area contributed by atoms with Crippen molar-refractivity contribution < 1.29 is 23.9 Å². The largest absolute Gasteiger partial charge is 0.463 e. The van der Waals surface area contributed by atoms with E-state index < -0.39 is 29.7 Å². The fourth-order valence-electron chi connectivity index (χ4n) is 0.456. The third kappa shape index (κ3) is 3.05. The number of carbonyl (C=O) groups excluding carboxylic acids is 4. The van der Waals surface area contributed by atoms with Crippen LogP contribution in [0.5, 0.6) is 0 Å². The third-order valence-corrected chi connectivity index (χ3v) is 1.13. The first kappa shape index (κ1) is 10.5. The number of hydrogen-bond acceptors (Lipinski definition) is 5. The van der Waals surface area contributed by atoms with E-state index in [1.807, 2.05) is 0 Å². The first-order chi connectivity index (χ1) is 5.49. The van der Waals surface area contributed by atoms with Crippen LogP contribution in [-0.4, -0.2) is 30.4 Å². The lowest BCUT2D eigenvalue weighted by molar-refractivity contribution is -0.153. The Morgan fingerprint density at radius 2 is 1.58 bits per heavy atom. The molecule has 0 radical (unpaired) electrons. The molecule has 0 saturated heterocycles. The summed E-state index contributed by atoms with van der Waals surface area (Å²) in [5, 5.41) is 0. The molecule has 5 heteroatoms. The standard InChI is InChI=1S/C7H8O5/c1-4(8)5(9)3-6(10)7(11)12-2/h3H2,1-2H3. The van der Waals surface area contributed by atoms with E-state index in [-0.39, 0.29) is 0 Å². The number of esters is 1. The van der Waals surface area contributed by atoms with E-state index in [0.29, 0.717) is 0 Å². The SMILES string of the molecule is COC(=O)C(=O)CC(=O)C(C)=O. The Bertz CT molecular complexity index is 240. The van der Waals surface area contributed by atoms with Gasteiger partial charge in [-0.2, -0.15) is 0 Å². The zero-order valence-corrected chi connectivity index (χ0v) is 6.75. The van der Waals surface area contributed by atoms with E-state index >= 15 is 0 Å². The summed E-state index contributed by atoms with van der Waals surface area (Å²) in [5.41, 5.74) is 0. The molecule has 0 amide bonds. The molecule has 0 rings (SSSR count). The normalized spacial score (nSPS) is 8.83. The molecule has 0 fully saturated rings. The topological polar surface area (TPSA) is 77.5 Å². The van der Waals surface area contributed by atoms with Crippen LogP contribution in [0.25, 0.3) is 0 Å². The predicted octanol–water partition coefficient (Wildman–Crippen LogP) is -0.723. The second-order valence-corrected chi connectivity index (χ2v) is 2.07. The van der Waals surface area contributed by atoms with E-state index in [4.69, 9.17) is 0 Å². The molecule has 0 N–H and O–H groups in total. The average Bonchev–Trinajstić information content (AvgIpc) is 2.02. The number of rotatable bonds is 4. The quantitative estimate of drug-likeness (QED) is 0.317. The molecule has 0 aromatic carbocycles. The maximum absolute atomic E-state index is 10.6. The Labute approximate surface area is 68.7 Å². The summed E-state index contributed by atoms with van der Waals surface area (Å²) in [7, 11) is 1.03. The minimum absolute atomic E-state index is 0.706. The highest BCUT2D eigenvalue weighted by molar-refractivity contribution is 6.46. The van der Waals surface area contributed by atoms with Crippen LogP contribution in [0, 0.1) is 0 Å². The molecule has 0 aromatic heterocycles. The van der Waals surface area contributed by atoms with E-state index in [0.717, 1.165) is 14.0 Å². The number of hydrogen-bond donors (Lipinski definition) is 0. The molecule has 0 heterocycles. The van der Waals surface area contributed by atoms with Crippen LogP contribution in [0.15, 0.2) is 0 Å². The molecule has 0 aliphatic heterocycles. The van der Waals surface area contributed by atoms with E-state index in [2.05, 4.69) is 4.74 Å². The van der Waals surface area contributed by atoms with Crippen molar-refractivity contribution in [3.05, 3.63) is 0 Å². The monoisotopic (exact) mass is 172 g/mol. The maximum Gasteiger partial charge on any atom is 0.374 e. The van der Waals surface area contributed by atoms with Crippen LogP contribution < -0.4 is 0 Å². The van der Waals surface area contributed by atoms with Gasteiger partial charge in [0.2, 0.25) is 11.6 Å². The summed E-state index contributed by atoms with van der Waals surface area (Å²) >= 11 is 0. The number of ether oxygens (including phenoxy) is 1. The van der Waals surface area contributed by atoms with Gasteiger partial charge in [0.1, 0.15) is 0 Å². The van der Waals surface area contributed by atoms with Gasteiger partial charge >= 0.3 is 5.97 Å². The summed E-state index contributed by atoms with van der Waals surface area (Å²) in [6.07, 6.45) is -0.706. The van der Waals surface area contributed by atoms with Crippen molar-refractivity contribution in [1.82, 2.24) is 0 Å². The lowest BCUT2D eigenvalue weighted by Crippen LogP contribution is -2.22. The Kier molecular flexibility index (Phi) is 3.82. The Morgan fingerprint density at radius 3 is 1.92 bits per heavy atom. The van der Waals surface area contributed by atoms with Crippen molar-refractivity contribution in [1.29, 1.82) is 0 Å². The van der Waals surface area contributed by atoms with E-state index in [1.165, 1.54) is 0 Å². The molecule has 0 aliphatic rings. The first-order valence-corrected chi connectivity index (χ1v) is 3.14. The lowest BCUT2D eigenvalue weighted by atomic mass is 10.1. The van der Waals surface area contributed by atoms with Crippen molar-refractivity contribution >= 4 is 23.3 Å². The molecule has 0 aromatic rings. The molecule has 12 heavy (non-hydrogen) atoms. The lowest BCUT2D eigenvalue weighted by Gasteiger charge is -1.94. The predicted molar refractivity (Wildman–Crippen MR) is 37.3 cm³/mol. The van der Waals surface area contributed by atoms with Gasteiger partial charge in [-0.3, -0.25) is 14.4 Å². The van der Waals surface area contributed by atoms with Crippen LogP contribution in [0.4, 0.5) is 0 Å². The number of ketones is 3. The molecule has 5 nitrogen and oxygen atoms in total. The number of carbonyl (C=O) groups is 4. The molecule has 0 spiro atoms. The van der Waals surface area contributed by atoms with Crippen molar-refractivity contribution in [2.45, 2.75) is 13.3 Å². The second kappa shape index (κ2) is 4.38. The van der Waals surface area contributed by atoms with Gasteiger partial charge in [-0.05, 0) is 0 Å². The van der Waals surface area contributed by atoms with Crippen LogP contribution >= 0.6 is 0 Å².